The van der Waals surface area contributed by atoms with Crippen LogP contribution in [0.15, 0.2) is 18.2 Å². The number of hydrogen-bond acceptors (Lipinski definition) is 2. The van der Waals surface area contributed by atoms with Crippen molar-refractivity contribution in [2.75, 3.05) is 19.0 Å². The Morgan fingerprint density at radius 1 is 1.44 bits per heavy atom. The highest BCUT2D eigenvalue weighted by molar-refractivity contribution is 6.30. The van der Waals surface area contributed by atoms with Crippen molar-refractivity contribution >= 4 is 23.2 Å². The summed E-state index contributed by atoms with van der Waals surface area (Å²) in [5.41, 5.74) is 1.00. The van der Waals surface area contributed by atoms with Gasteiger partial charge in [0.25, 0.3) is 0 Å². The molecule has 2 atom stereocenters. The van der Waals surface area contributed by atoms with E-state index < -0.39 is 0 Å². The number of alkyl halides is 1. The molecule has 18 heavy (non-hydrogen) atoms. The number of hydrogen-bond donors (Lipinski definition) is 0. The summed E-state index contributed by atoms with van der Waals surface area (Å²) >= 11 is 11.6. The average Bonchev–Trinajstić information content (AvgIpc) is 2.33. The van der Waals surface area contributed by atoms with Crippen molar-refractivity contribution in [2.24, 2.45) is 0 Å². The Kier molecular flexibility index (Phi) is 4.84. The first-order valence-electron chi connectivity index (χ1n) is 5.96. The van der Waals surface area contributed by atoms with Gasteiger partial charge in [0.2, 0.25) is 0 Å². The van der Waals surface area contributed by atoms with Gasteiger partial charge in [-0.3, -0.25) is 4.90 Å². The van der Waals surface area contributed by atoms with Crippen molar-refractivity contribution in [1.29, 1.82) is 0 Å². The maximum Gasteiger partial charge on any atom is 0.141 e. The van der Waals surface area contributed by atoms with Crippen LogP contribution in [-0.4, -0.2) is 36.1 Å². The van der Waals surface area contributed by atoms with E-state index in [0.29, 0.717) is 5.88 Å². The third-order valence-corrected chi connectivity index (χ3v) is 3.60. The number of rotatable bonds is 3. The van der Waals surface area contributed by atoms with Crippen molar-refractivity contribution in [3.8, 4) is 0 Å². The second-order valence-corrected chi connectivity index (χ2v) is 5.38. The molecule has 1 heterocycles. The van der Waals surface area contributed by atoms with Crippen LogP contribution in [0.4, 0.5) is 4.39 Å². The van der Waals surface area contributed by atoms with Crippen LogP contribution in [-0.2, 0) is 11.3 Å². The van der Waals surface area contributed by atoms with Crippen molar-refractivity contribution in [3.05, 3.63) is 34.6 Å². The number of ether oxygens (including phenoxy) is 1. The van der Waals surface area contributed by atoms with Crippen LogP contribution in [0.2, 0.25) is 5.02 Å². The van der Waals surface area contributed by atoms with E-state index in [1.165, 1.54) is 6.07 Å². The fourth-order valence-electron chi connectivity index (χ4n) is 2.25. The zero-order valence-corrected chi connectivity index (χ0v) is 11.7. The molecule has 0 amide bonds. The first-order chi connectivity index (χ1) is 8.58. The molecule has 5 heteroatoms. The number of benzene rings is 1. The third-order valence-electron chi connectivity index (χ3n) is 2.96. The minimum atomic E-state index is -0.380. The molecular weight excluding hydrogens is 276 g/mol. The van der Waals surface area contributed by atoms with Crippen LogP contribution in [0.5, 0.6) is 0 Å². The maximum atomic E-state index is 13.1. The summed E-state index contributed by atoms with van der Waals surface area (Å²) in [6.07, 6.45) is 0.227. The Bertz CT molecular complexity index is 416. The molecule has 1 saturated heterocycles. The van der Waals surface area contributed by atoms with Gasteiger partial charge in [-0.1, -0.05) is 17.7 Å². The molecule has 0 aliphatic carbocycles. The van der Waals surface area contributed by atoms with E-state index in [9.17, 15) is 4.39 Å². The highest BCUT2D eigenvalue weighted by atomic mass is 35.5. The van der Waals surface area contributed by atoms with Gasteiger partial charge >= 0.3 is 0 Å². The summed E-state index contributed by atoms with van der Waals surface area (Å²) in [5.74, 6) is 0.111. The summed E-state index contributed by atoms with van der Waals surface area (Å²) in [5, 5.41) is 0.169. The van der Waals surface area contributed by atoms with E-state index in [2.05, 4.69) is 4.90 Å². The topological polar surface area (TPSA) is 12.5 Å². The van der Waals surface area contributed by atoms with Crippen molar-refractivity contribution in [2.45, 2.75) is 25.7 Å². The molecule has 0 aromatic heterocycles. The van der Waals surface area contributed by atoms with Gasteiger partial charge in [-0.05, 0) is 24.6 Å². The Balaban J connectivity index is 2.01. The Hall–Kier alpha value is -0.350. The van der Waals surface area contributed by atoms with Crippen LogP contribution in [0.1, 0.15) is 12.5 Å². The maximum absolute atomic E-state index is 13.1. The van der Waals surface area contributed by atoms with Crippen LogP contribution in [0, 0.1) is 5.82 Å². The fourth-order valence-corrected chi connectivity index (χ4v) is 2.62. The molecule has 1 aliphatic rings. The van der Waals surface area contributed by atoms with E-state index >= 15 is 0 Å². The van der Waals surface area contributed by atoms with Crippen LogP contribution >= 0.6 is 23.2 Å². The smallest absolute Gasteiger partial charge is 0.141 e. The summed E-state index contributed by atoms with van der Waals surface area (Å²) < 4.78 is 18.8. The number of morpholine rings is 1. The number of halogens is 3. The molecule has 1 aromatic carbocycles. The summed E-state index contributed by atoms with van der Waals surface area (Å²) in [7, 11) is 0. The van der Waals surface area contributed by atoms with Crippen molar-refractivity contribution in [3.63, 3.8) is 0 Å². The lowest BCUT2D eigenvalue weighted by atomic mass is 10.1. The highest BCUT2D eigenvalue weighted by Crippen LogP contribution is 2.19. The lowest BCUT2D eigenvalue weighted by Crippen LogP contribution is -2.46. The molecule has 100 valence electrons. The standard InChI is InChI=1S/C13H16Cl2FNO/c1-9-6-17(8-11(5-14)18-9)7-10-2-3-13(16)12(15)4-10/h2-4,9,11H,5-8H2,1H3. The monoisotopic (exact) mass is 291 g/mol. The summed E-state index contributed by atoms with van der Waals surface area (Å²) in [6.45, 7) is 4.41. The highest BCUT2D eigenvalue weighted by Gasteiger charge is 2.24. The first-order valence-corrected chi connectivity index (χ1v) is 6.87. The SMILES string of the molecule is CC1CN(Cc2ccc(F)c(Cl)c2)CC(CCl)O1. The van der Waals surface area contributed by atoms with Crippen LogP contribution < -0.4 is 0 Å². The van der Waals surface area contributed by atoms with Gasteiger partial charge in [0.05, 0.1) is 17.2 Å². The van der Waals surface area contributed by atoms with E-state index in [0.717, 1.165) is 25.2 Å². The molecule has 1 aliphatic heterocycles. The molecule has 0 bridgehead atoms. The van der Waals surface area contributed by atoms with Gasteiger partial charge in [0.15, 0.2) is 0 Å². The van der Waals surface area contributed by atoms with Gasteiger partial charge in [-0.15, -0.1) is 11.6 Å². The van der Waals surface area contributed by atoms with E-state index in [1.807, 2.05) is 6.92 Å². The minimum absolute atomic E-state index is 0.0614. The van der Waals surface area contributed by atoms with Gasteiger partial charge in [0, 0.05) is 25.5 Å². The van der Waals surface area contributed by atoms with Gasteiger partial charge in [0.1, 0.15) is 5.82 Å². The predicted octanol–water partition coefficient (Wildman–Crippen LogP) is 3.31. The normalized spacial score (nSPS) is 25.3. The molecule has 0 saturated carbocycles. The first kappa shape index (κ1) is 14.1. The number of nitrogens with zero attached hydrogens (tertiary/aromatic N) is 1. The molecule has 1 aromatic rings. The molecule has 0 radical (unpaired) electrons. The molecule has 0 N–H and O–H groups in total. The molecule has 2 unspecified atom stereocenters. The van der Waals surface area contributed by atoms with Crippen LogP contribution in [0.25, 0.3) is 0 Å². The second-order valence-electron chi connectivity index (χ2n) is 4.67. The van der Waals surface area contributed by atoms with Crippen molar-refractivity contribution < 1.29 is 9.13 Å². The van der Waals surface area contributed by atoms with E-state index in [-0.39, 0.29) is 23.0 Å². The summed E-state index contributed by atoms with van der Waals surface area (Å²) in [4.78, 5) is 2.25. The molecule has 0 spiro atoms. The van der Waals surface area contributed by atoms with E-state index in [1.54, 1.807) is 12.1 Å². The lowest BCUT2D eigenvalue weighted by Gasteiger charge is -2.36. The van der Waals surface area contributed by atoms with Gasteiger partial charge < -0.3 is 4.74 Å². The fraction of sp³-hybridized carbons (Fsp3) is 0.538. The van der Waals surface area contributed by atoms with Crippen molar-refractivity contribution in [1.82, 2.24) is 4.90 Å². The predicted molar refractivity (Wildman–Crippen MR) is 71.7 cm³/mol. The zero-order chi connectivity index (χ0) is 13.1. The Morgan fingerprint density at radius 2 is 2.22 bits per heavy atom. The third kappa shape index (κ3) is 3.58. The Labute approximate surface area is 117 Å². The van der Waals surface area contributed by atoms with Gasteiger partial charge in [-0.25, -0.2) is 4.39 Å². The lowest BCUT2D eigenvalue weighted by molar-refractivity contribution is -0.0688. The molecule has 1 fully saturated rings. The molecular formula is C13H16Cl2FNO. The summed E-state index contributed by atoms with van der Waals surface area (Å²) in [6, 6.07) is 4.84. The quantitative estimate of drug-likeness (QED) is 0.793. The Morgan fingerprint density at radius 3 is 2.89 bits per heavy atom. The molecule has 2 nitrogen and oxygen atoms in total. The largest absolute Gasteiger partial charge is 0.371 e. The van der Waals surface area contributed by atoms with Gasteiger partial charge in [-0.2, -0.15) is 0 Å². The van der Waals surface area contributed by atoms with Crippen LogP contribution in [0.3, 0.4) is 0 Å². The zero-order valence-electron chi connectivity index (χ0n) is 10.2. The minimum Gasteiger partial charge on any atom is -0.371 e. The average molecular weight is 292 g/mol. The second kappa shape index (κ2) is 6.20. The van der Waals surface area contributed by atoms with E-state index in [4.69, 9.17) is 27.9 Å². The molecule has 2 rings (SSSR count).